The van der Waals surface area contributed by atoms with E-state index in [0.717, 1.165) is 18.4 Å². The fraction of sp³-hybridized carbons (Fsp3) is 0.923. The number of amides is 1. The number of carbonyl (C=O) groups excluding carboxylic acids is 1. The maximum absolute atomic E-state index is 12.0. The van der Waals surface area contributed by atoms with Crippen LogP contribution in [0, 0.1) is 11.8 Å². The molecule has 1 saturated heterocycles. The molecule has 3 unspecified atom stereocenters. The second kappa shape index (κ2) is 5.39. The van der Waals surface area contributed by atoms with Crippen molar-refractivity contribution in [2.75, 3.05) is 12.4 Å². The molecule has 0 aromatic heterocycles. The summed E-state index contributed by atoms with van der Waals surface area (Å²) in [6.45, 7) is 3.31. The molecule has 2 rings (SSSR count). The van der Waals surface area contributed by atoms with Gasteiger partial charge in [0.25, 0.3) is 0 Å². The van der Waals surface area contributed by atoms with Crippen molar-refractivity contribution in [3.63, 3.8) is 0 Å². The van der Waals surface area contributed by atoms with Gasteiger partial charge >= 0.3 is 0 Å². The lowest BCUT2D eigenvalue weighted by molar-refractivity contribution is -0.138. The minimum atomic E-state index is 0.277. The van der Waals surface area contributed by atoms with Crippen LogP contribution in [0.2, 0.25) is 0 Å². The van der Waals surface area contributed by atoms with E-state index in [1.165, 1.54) is 32.1 Å². The Morgan fingerprint density at radius 2 is 2.06 bits per heavy atom. The van der Waals surface area contributed by atoms with Gasteiger partial charge in [0.15, 0.2) is 0 Å². The lowest BCUT2D eigenvalue weighted by Gasteiger charge is -2.47. The first-order chi connectivity index (χ1) is 7.74. The van der Waals surface area contributed by atoms with Crippen molar-refractivity contribution in [3.05, 3.63) is 0 Å². The third-order valence-electron chi connectivity index (χ3n) is 4.37. The maximum atomic E-state index is 12.0. The summed E-state index contributed by atoms with van der Waals surface area (Å²) in [7, 11) is 0. The first-order valence-corrected chi connectivity index (χ1v) is 7.13. The molecule has 1 aliphatic carbocycles. The maximum Gasteiger partial charge on any atom is 0.224 e. The number of alkyl halides is 1. The van der Waals surface area contributed by atoms with Crippen LogP contribution < -0.4 is 0 Å². The van der Waals surface area contributed by atoms with E-state index in [0.29, 0.717) is 18.3 Å². The van der Waals surface area contributed by atoms with Crippen LogP contribution >= 0.6 is 11.6 Å². The molecule has 3 atom stereocenters. The van der Waals surface area contributed by atoms with Crippen molar-refractivity contribution >= 4 is 17.5 Å². The van der Waals surface area contributed by atoms with Crippen molar-refractivity contribution in [3.8, 4) is 0 Å². The lowest BCUT2D eigenvalue weighted by atomic mass is 9.72. The van der Waals surface area contributed by atoms with Crippen LogP contribution in [0.3, 0.4) is 0 Å². The summed E-state index contributed by atoms with van der Waals surface area (Å²) < 4.78 is 0. The van der Waals surface area contributed by atoms with Gasteiger partial charge < -0.3 is 4.90 Å². The highest BCUT2D eigenvalue weighted by molar-refractivity contribution is 6.18. The Hall–Kier alpha value is -0.240. The van der Waals surface area contributed by atoms with Gasteiger partial charge in [0.05, 0.1) is 0 Å². The van der Waals surface area contributed by atoms with Crippen molar-refractivity contribution in [1.29, 1.82) is 0 Å². The van der Waals surface area contributed by atoms with Crippen molar-refractivity contribution in [1.82, 2.24) is 4.90 Å². The summed E-state index contributed by atoms with van der Waals surface area (Å²) in [5, 5.41) is 0. The molecule has 0 N–H and O–H groups in total. The fourth-order valence-electron chi connectivity index (χ4n) is 3.45. The Labute approximate surface area is 103 Å². The minimum absolute atomic E-state index is 0.277. The molecule has 1 saturated carbocycles. The number of piperidine rings is 1. The Kier molecular flexibility index (Phi) is 4.12. The van der Waals surface area contributed by atoms with Crippen LogP contribution in [-0.2, 0) is 4.79 Å². The van der Waals surface area contributed by atoms with E-state index in [1.54, 1.807) is 0 Å². The van der Waals surface area contributed by atoms with Crippen LogP contribution in [0.25, 0.3) is 0 Å². The zero-order valence-corrected chi connectivity index (χ0v) is 10.9. The van der Waals surface area contributed by atoms with Gasteiger partial charge in [0.1, 0.15) is 0 Å². The monoisotopic (exact) mass is 243 g/mol. The molecule has 0 aromatic rings. The summed E-state index contributed by atoms with van der Waals surface area (Å²) >= 11 is 5.67. The molecule has 0 radical (unpaired) electrons. The van der Waals surface area contributed by atoms with E-state index in [2.05, 4.69) is 11.8 Å². The van der Waals surface area contributed by atoms with Gasteiger partial charge in [-0.2, -0.15) is 0 Å². The third-order valence-corrected chi connectivity index (χ3v) is 4.56. The van der Waals surface area contributed by atoms with Gasteiger partial charge in [-0.1, -0.05) is 19.8 Å². The normalized spacial score (nSPS) is 34.6. The van der Waals surface area contributed by atoms with E-state index in [-0.39, 0.29) is 5.91 Å². The number of likely N-dealkylation sites (tertiary alicyclic amines) is 1. The SMILES string of the molecule is CC1CCN(C(=O)CCCl)C2CCCCC12. The number of fused-ring (bicyclic) bond motifs is 1. The second-order valence-corrected chi connectivity index (χ2v) is 5.69. The van der Waals surface area contributed by atoms with Crippen LogP contribution in [0.1, 0.15) is 45.4 Å². The molecule has 1 heterocycles. The van der Waals surface area contributed by atoms with Crippen molar-refractivity contribution in [2.45, 2.75) is 51.5 Å². The molecular weight excluding hydrogens is 222 g/mol. The van der Waals surface area contributed by atoms with Crippen LogP contribution in [0.15, 0.2) is 0 Å². The number of carbonyl (C=O) groups is 1. The van der Waals surface area contributed by atoms with Gasteiger partial charge in [0, 0.05) is 24.9 Å². The van der Waals surface area contributed by atoms with Gasteiger partial charge in [0.2, 0.25) is 5.91 Å². The highest BCUT2D eigenvalue weighted by Crippen LogP contribution is 2.38. The molecule has 0 spiro atoms. The molecule has 0 aromatic carbocycles. The van der Waals surface area contributed by atoms with E-state index in [1.807, 2.05) is 0 Å². The first kappa shape index (κ1) is 12.2. The number of hydrogen-bond acceptors (Lipinski definition) is 1. The van der Waals surface area contributed by atoms with Crippen LogP contribution in [0.4, 0.5) is 0 Å². The van der Waals surface area contributed by atoms with E-state index in [4.69, 9.17) is 11.6 Å². The standard InChI is InChI=1S/C13H22ClNO/c1-10-7-9-15(13(16)6-8-14)12-5-3-2-4-11(10)12/h10-12H,2-9H2,1H3. The molecule has 2 fully saturated rings. The molecule has 2 nitrogen and oxygen atoms in total. The molecule has 16 heavy (non-hydrogen) atoms. The van der Waals surface area contributed by atoms with E-state index < -0.39 is 0 Å². The quantitative estimate of drug-likeness (QED) is 0.683. The Bertz CT molecular complexity index is 256. The molecule has 0 bridgehead atoms. The minimum Gasteiger partial charge on any atom is -0.339 e. The summed E-state index contributed by atoms with van der Waals surface area (Å²) in [6, 6.07) is 0.521. The summed E-state index contributed by atoms with van der Waals surface area (Å²) in [5.41, 5.74) is 0. The number of rotatable bonds is 2. The molecule has 3 heteroatoms. The number of nitrogens with zero attached hydrogens (tertiary/aromatic N) is 1. The average Bonchev–Trinajstić information content (AvgIpc) is 2.30. The smallest absolute Gasteiger partial charge is 0.224 e. The lowest BCUT2D eigenvalue weighted by Crippen LogP contribution is -2.52. The second-order valence-electron chi connectivity index (χ2n) is 5.31. The Balaban J connectivity index is 2.05. The van der Waals surface area contributed by atoms with E-state index >= 15 is 0 Å². The van der Waals surface area contributed by atoms with Gasteiger partial charge in [-0.05, 0) is 31.1 Å². The highest BCUT2D eigenvalue weighted by Gasteiger charge is 2.38. The molecule has 2 aliphatic rings. The topological polar surface area (TPSA) is 20.3 Å². The number of hydrogen-bond donors (Lipinski definition) is 0. The van der Waals surface area contributed by atoms with Crippen molar-refractivity contribution in [2.24, 2.45) is 11.8 Å². The molecule has 92 valence electrons. The first-order valence-electron chi connectivity index (χ1n) is 6.59. The molecular formula is C13H22ClNO. The van der Waals surface area contributed by atoms with Crippen molar-refractivity contribution < 1.29 is 4.79 Å². The van der Waals surface area contributed by atoms with Crippen LogP contribution in [0.5, 0.6) is 0 Å². The predicted octanol–water partition coefficient (Wildman–Crippen LogP) is 3.04. The van der Waals surface area contributed by atoms with Gasteiger partial charge in [-0.15, -0.1) is 11.6 Å². The summed E-state index contributed by atoms with van der Waals surface area (Å²) in [4.78, 5) is 14.1. The van der Waals surface area contributed by atoms with Crippen LogP contribution in [-0.4, -0.2) is 29.3 Å². The zero-order valence-electron chi connectivity index (χ0n) is 10.1. The molecule has 1 amide bonds. The summed E-state index contributed by atoms with van der Waals surface area (Å²) in [6.07, 6.45) is 6.86. The Morgan fingerprint density at radius 3 is 2.81 bits per heavy atom. The number of halogens is 1. The van der Waals surface area contributed by atoms with Gasteiger partial charge in [-0.25, -0.2) is 0 Å². The highest BCUT2D eigenvalue weighted by atomic mass is 35.5. The Morgan fingerprint density at radius 1 is 1.31 bits per heavy atom. The van der Waals surface area contributed by atoms with Gasteiger partial charge in [-0.3, -0.25) is 4.79 Å². The predicted molar refractivity (Wildman–Crippen MR) is 66.6 cm³/mol. The third kappa shape index (κ3) is 2.37. The van der Waals surface area contributed by atoms with E-state index in [9.17, 15) is 4.79 Å². The largest absolute Gasteiger partial charge is 0.339 e. The molecule has 1 aliphatic heterocycles. The summed E-state index contributed by atoms with van der Waals surface area (Å²) in [5.74, 6) is 2.29. The average molecular weight is 244 g/mol. The fourth-order valence-corrected chi connectivity index (χ4v) is 3.61. The zero-order chi connectivity index (χ0) is 11.5.